The Hall–Kier alpha value is -1.39. The highest BCUT2D eigenvalue weighted by atomic mass is 32.1. The van der Waals surface area contributed by atoms with Gasteiger partial charge in [0.25, 0.3) is 0 Å². The van der Waals surface area contributed by atoms with Gasteiger partial charge in [0, 0.05) is 17.5 Å². The molecule has 1 atom stereocenters. The Labute approximate surface area is 125 Å². The van der Waals surface area contributed by atoms with Gasteiger partial charge in [-0.15, -0.1) is 11.3 Å². The van der Waals surface area contributed by atoms with Gasteiger partial charge in [0.05, 0.1) is 10.7 Å². The van der Waals surface area contributed by atoms with E-state index in [-0.39, 0.29) is 6.04 Å². The summed E-state index contributed by atoms with van der Waals surface area (Å²) in [5, 5.41) is 4.58. The highest BCUT2D eigenvalue weighted by molar-refractivity contribution is 7.11. The van der Waals surface area contributed by atoms with Gasteiger partial charge >= 0.3 is 0 Å². The Morgan fingerprint density at radius 1 is 1.30 bits per heavy atom. The maximum atomic E-state index is 5.73. The predicted molar refractivity (Wildman–Crippen MR) is 84.7 cm³/mol. The van der Waals surface area contributed by atoms with Crippen molar-refractivity contribution in [1.29, 1.82) is 0 Å². The van der Waals surface area contributed by atoms with Gasteiger partial charge in [0.15, 0.2) is 0 Å². The topological polar surface area (TPSA) is 34.1 Å². The molecule has 20 heavy (non-hydrogen) atoms. The van der Waals surface area contributed by atoms with Crippen molar-refractivity contribution in [3.63, 3.8) is 0 Å². The first kappa shape index (κ1) is 15.0. The highest BCUT2D eigenvalue weighted by Gasteiger charge is 2.12. The molecule has 1 N–H and O–H groups in total. The summed E-state index contributed by atoms with van der Waals surface area (Å²) in [5.74, 6) is 0.931. The largest absolute Gasteiger partial charge is 0.492 e. The van der Waals surface area contributed by atoms with E-state index in [0.717, 1.165) is 23.0 Å². The minimum absolute atomic E-state index is 0.265. The molecule has 0 saturated heterocycles. The molecule has 0 aliphatic heterocycles. The standard InChI is InChI=1S/C16H22N2OS/c1-11-6-5-7-15(10-11)19-9-8-17-12(2)16-13(3)20-14(4)18-16/h5-7,10,12,17H,8-9H2,1-4H3. The van der Waals surface area contributed by atoms with Crippen LogP contribution in [-0.4, -0.2) is 18.1 Å². The molecule has 0 aliphatic rings. The molecule has 3 nitrogen and oxygen atoms in total. The highest BCUT2D eigenvalue weighted by Crippen LogP contribution is 2.22. The molecular formula is C16H22N2OS. The van der Waals surface area contributed by atoms with Crippen LogP contribution < -0.4 is 10.1 Å². The fraction of sp³-hybridized carbons (Fsp3) is 0.438. The van der Waals surface area contributed by atoms with E-state index < -0.39 is 0 Å². The van der Waals surface area contributed by atoms with Crippen LogP contribution in [0.15, 0.2) is 24.3 Å². The zero-order valence-corrected chi connectivity index (χ0v) is 13.4. The number of nitrogens with one attached hydrogen (secondary N) is 1. The van der Waals surface area contributed by atoms with Crippen molar-refractivity contribution in [2.24, 2.45) is 0 Å². The first-order valence-corrected chi connectivity index (χ1v) is 7.74. The van der Waals surface area contributed by atoms with Crippen LogP contribution in [-0.2, 0) is 0 Å². The van der Waals surface area contributed by atoms with Crippen LogP contribution in [0.5, 0.6) is 5.75 Å². The first-order chi connectivity index (χ1) is 9.56. The van der Waals surface area contributed by atoms with Crippen LogP contribution >= 0.6 is 11.3 Å². The molecule has 2 aromatic rings. The number of aryl methyl sites for hydroxylation is 3. The fourth-order valence-corrected chi connectivity index (χ4v) is 3.11. The smallest absolute Gasteiger partial charge is 0.119 e. The molecule has 0 fully saturated rings. The summed E-state index contributed by atoms with van der Waals surface area (Å²) in [6.45, 7) is 9.87. The Morgan fingerprint density at radius 3 is 2.75 bits per heavy atom. The summed E-state index contributed by atoms with van der Waals surface area (Å²) in [6, 6.07) is 8.39. The van der Waals surface area contributed by atoms with Crippen LogP contribution in [0.1, 0.15) is 34.1 Å². The Balaban J connectivity index is 1.77. The Bertz CT molecular complexity index is 565. The zero-order chi connectivity index (χ0) is 14.5. The number of hydrogen-bond donors (Lipinski definition) is 1. The van der Waals surface area contributed by atoms with E-state index in [1.54, 1.807) is 11.3 Å². The molecule has 108 valence electrons. The summed E-state index contributed by atoms with van der Waals surface area (Å²) in [6.07, 6.45) is 0. The molecule has 0 saturated carbocycles. The Kier molecular flexibility index (Phi) is 5.15. The van der Waals surface area contributed by atoms with Crippen molar-refractivity contribution in [1.82, 2.24) is 10.3 Å². The van der Waals surface area contributed by atoms with Gasteiger partial charge in [-0.05, 0) is 45.4 Å². The quantitative estimate of drug-likeness (QED) is 0.822. The number of benzene rings is 1. The van der Waals surface area contributed by atoms with Crippen LogP contribution in [0.25, 0.3) is 0 Å². The maximum absolute atomic E-state index is 5.73. The van der Waals surface area contributed by atoms with Gasteiger partial charge in [-0.1, -0.05) is 12.1 Å². The lowest BCUT2D eigenvalue weighted by Crippen LogP contribution is -2.25. The molecular weight excluding hydrogens is 268 g/mol. The van der Waals surface area contributed by atoms with Crippen molar-refractivity contribution in [2.45, 2.75) is 33.7 Å². The second-order valence-corrected chi connectivity index (χ2v) is 6.42. The maximum Gasteiger partial charge on any atom is 0.119 e. The van der Waals surface area contributed by atoms with Crippen molar-refractivity contribution in [2.75, 3.05) is 13.2 Å². The van der Waals surface area contributed by atoms with Gasteiger partial charge in [-0.25, -0.2) is 4.98 Å². The molecule has 0 bridgehead atoms. The molecule has 2 rings (SSSR count). The second-order valence-electron chi connectivity index (χ2n) is 5.02. The number of thiazole rings is 1. The average molecular weight is 290 g/mol. The molecule has 0 radical (unpaired) electrons. The SMILES string of the molecule is Cc1cccc(OCCNC(C)c2nc(C)sc2C)c1. The van der Waals surface area contributed by atoms with E-state index in [1.807, 2.05) is 12.1 Å². The van der Waals surface area contributed by atoms with Gasteiger partial charge in [-0.2, -0.15) is 0 Å². The molecule has 1 heterocycles. The normalized spacial score (nSPS) is 12.4. The average Bonchev–Trinajstić information content (AvgIpc) is 2.74. The van der Waals surface area contributed by atoms with Gasteiger partial charge in [-0.3, -0.25) is 0 Å². The monoisotopic (exact) mass is 290 g/mol. The van der Waals surface area contributed by atoms with Gasteiger partial charge < -0.3 is 10.1 Å². The van der Waals surface area contributed by atoms with Crippen LogP contribution in [0, 0.1) is 20.8 Å². The van der Waals surface area contributed by atoms with Gasteiger partial charge in [0.2, 0.25) is 0 Å². The number of rotatable bonds is 6. The lowest BCUT2D eigenvalue weighted by Gasteiger charge is -2.13. The van der Waals surface area contributed by atoms with Crippen molar-refractivity contribution >= 4 is 11.3 Å². The third-order valence-electron chi connectivity index (χ3n) is 3.16. The van der Waals surface area contributed by atoms with Crippen molar-refractivity contribution in [3.05, 3.63) is 45.4 Å². The lowest BCUT2D eigenvalue weighted by atomic mass is 10.2. The van der Waals surface area contributed by atoms with E-state index in [0.29, 0.717) is 6.61 Å². The molecule has 0 aliphatic carbocycles. The second kappa shape index (κ2) is 6.86. The molecule has 0 spiro atoms. The molecule has 1 aromatic carbocycles. The third kappa shape index (κ3) is 4.05. The third-order valence-corrected chi connectivity index (χ3v) is 4.06. The molecule has 1 aromatic heterocycles. The first-order valence-electron chi connectivity index (χ1n) is 6.93. The number of ether oxygens (including phenoxy) is 1. The summed E-state index contributed by atoms with van der Waals surface area (Å²) in [5.41, 5.74) is 2.38. The van der Waals surface area contributed by atoms with Crippen molar-refractivity contribution < 1.29 is 4.74 Å². The minimum Gasteiger partial charge on any atom is -0.492 e. The van der Waals surface area contributed by atoms with E-state index in [1.165, 1.54) is 10.4 Å². The van der Waals surface area contributed by atoms with E-state index in [4.69, 9.17) is 4.74 Å². The molecule has 0 amide bonds. The number of nitrogens with zero attached hydrogens (tertiary/aromatic N) is 1. The van der Waals surface area contributed by atoms with Gasteiger partial charge in [0.1, 0.15) is 12.4 Å². The zero-order valence-electron chi connectivity index (χ0n) is 12.6. The van der Waals surface area contributed by atoms with Crippen molar-refractivity contribution in [3.8, 4) is 5.75 Å². The minimum atomic E-state index is 0.265. The summed E-state index contributed by atoms with van der Waals surface area (Å²) in [7, 11) is 0. The van der Waals surface area contributed by atoms with Crippen LogP contribution in [0.3, 0.4) is 0 Å². The number of hydrogen-bond acceptors (Lipinski definition) is 4. The Morgan fingerprint density at radius 2 is 2.10 bits per heavy atom. The predicted octanol–water partition coefficient (Wildman–Crippen LogP) is 3.80. The summed E-state index contributed by atoms with van der Waals surface area (Å²) >= 11 is 1.75. The fourth-order valence-electron chi connectivity index (χ4n) is 2.19. The number of aromatic nitrogens is 1. The van der Waals surface area contributed by atoms with E-state index in [2.05, 4.69) is 50.1 Å². The molecule has 1 unspecified atom stereocenters. The lowest BCUT2D eigenvalue weighted by molar-refractivity contribution is 0.307. The van der Waals surface area contributed by atoms with E-state index in [9.17, 15) is 0 Å². The summed E-state index contributed by atoms with van der Waals surface area (Å²) in [4.78, 5) is 5.87. The van der Waals surface area contributed by atoms with E-state index >= 15 is 0 Å². The molecule has 4 heteroatoms. The van der Waals surface area contributed by atoms with Crippen LogP contribution in [0.2, 0.25) is 0 Å². The summed E-state index contributed by atoms with van der Waals surface area (Å²) < 4.78 is 5.73. The van der Waals surface area contributed by atoms with Crippen LogP contribution in [0.4, 0.5) is 0 Å².